The third-order valence-electron chi connectivity index (χ3n) is 5.44. The maximum atomic E-state index is 13.1. The summed E-state index contributed by atoms with van der Waals surface area (Å²) in [6.07, 6.45) is -0.731. The number of hydrogen-bond donors (Lipinski definition) is 1. The predicted octanol–water partition coefficient (Wildman–Crippen LogP) is 1.17. The van der Waals surface area contributed by atoms with Gasteiger partial charge in [-0.2, -0.15) is 5.26 Å². The molecule has 2 atom stereocenters. The van der Waals surface area contributed by atoms with E-state index in [9.17, 15) is 14.9 Å². The van der Waals surface area contributed by atoms with Crippen molar-refractivity contribution in [3.05, 3.63) is 35.9 Å². The first-order valence-electron chi connectivity index (χ1n) is 10.1. The van der Waals surface area contributed by atoms with Gasteiger partial charge >= 0.3 is 6.09 Å². The fourth-order valence-corrected chi connectivity index (χ4v) is 3.65. The summed E-state index contributed by atoms with van der Waals surface area (Å²) in [5.41, 5.74) is -0.0667. The number of ether oxygens (including phenoxy) is 2. The van der Waals surface area contributed by atoms with Crippen molar-refractivity contribution in [1.29, 1.82) is 5.26 Å². The zero-order valence-electron chi connectivity index (χ0n) is 16.8. The van der Waals surface area contributed by atoms with E-state index in [1.807, 2.05) is 37.3 Å². The summed E-state index contributed by atoms with van der Waals surface area (Å²) in [7, 11) is 0. The quantitative estimate of drug-likeness (QED) is 0.770. The molecule has 0 spiro atoms. The number of amides is 2. The van der Waals surface area contributed by atoms with Crippen molar-refractivity contribution < 1.29 is 19.1 Å². The Morgan fingerprint density at radius 3 is 2.62 bits per heavy atom. The van der Waals surface area contributed by atoms with Crippen LogP contribution < -0.4 is 5.32 Å². The lowest BCUT2D eigenvalue weighted by atomic mass is 9.99. The van der Waals surface area contributed by atoms with Crippen molar-refractivity contribution in [2.24, 2.45) is 0 Å². The van der Waals surface area contributed by atoms with Crippen LogP contribution in [0.1, 0.15) is 18.9 Å². The van der Waals surface area contributed by atoms with E-state index in [2.05, 4.69) is 16.3 Å². The summed E-state index contributed by atoms with van der Waals surface area (Å²) in [4.78, 5) is 29.3. The lowest BCUT2D eigenvalue weighted by Crippen LogP contribution is -2.54. The summed E-state index contributed by atoms with van der Waals surface area (Å²) < 4.78 is 10.9. The molecule has 2 aliphatic heterocycles. The van der Waals surface area contributed by atoms with Crippen LogP contribution in [0.2, 0.25) is 0 Å². The topological polar surface area (TPSA) is 94.9 Å². The number of hydrogen-bond acceptors (Lipinski definition) is 6. The van der Waals surface area contributed by atoms with Crippen molar-refractivity contribution in [1.82, 2.24) is 15.1 Å². The minimum atomic E-state index is -1.01. The molecule has 0 bridgehead atoms. The first-order chi connectivity index (χ1) is 14.0. The summed E-state index contributed by atoms with van der Waals surface area (Å²) in [6.45, 7) is 5.85. The van der Waals surface area contributed by atoms with Crippen LogP contribution in [0.4, 0.5) is 4.79 Å². The number of carbonyl (C=O) groups is 2. The van der Waals surface area contributed by atoms with E-state index in [4.69, 9.17) is 9.47 Å². The van der Waals surface area contributed by atoms with Crippen LogP contribution in [0, 0.1) is 11.3 Å². The van der Waals surface area contributed by atoms with Gasteiger partial charge in [-0.1, -0.05) is 37.3 Å². The highest BCUT2D eigenvalue weighted by molar-refractivity contribution is 5.85. The molecule has 2 unspecified atom stereocenters. The van der Waals surface area contributed by atoms with E-state index < -0.39 is 23.6 Å². The molecule has 0 aliphatic carbocycles. The van der Waals surface area contributed by atoms with E-state index >= 15 is 0 Å². The standard InChI is InChI=1S/C21H28N4O4/c1-2-24-9-8-21(15-22,16-24)23-19(26)18(14-17-6-4-3-5-7-17)29-20(27)25-10-12-28-13-11-25/h3-7,18H,2,8-14,16H2,1H3,(H,23,26). The smallest absolute Gasteiger partial charge is 0.410 e. The van der Waals surface area contributed by atoms with Gasteiger partial charge in [0, 0.05) is 32.6 Å². The molecule has 0 saturated carbocycles. The van der Waals surface area contributed by atoms with Crippen molar-refractivity contribution >= 4 is 12.0 Å². The minimum Gasteiger partial charge on any atom is -0.436 e. The van der Waals surface area contributed by atoms with Gasteiger partial charge in [-0.3, -0.25) is 4.79 Å². The molecule has 2 fully saturated rings. The minimum absolute atomic E-state index is 0.252. The van der Waals surface area contributed by atoms with Crippen LogP contribution in [-0.4, -0.2) is 79.4 Å². The Balaban J connectivity index is 1.72. The third kappa shape index (κ3) is 5.46. The van der Waals surface area contributed by atoms with Gasteiger partial charge in [0.05, 0.1) is 19.3 Å². The number of rotatable bonds is 6. The van der Waals surface area contributed by atoms with Crippen molar-refractivity contribution in [2.45, 2.75) is 31.4 Å². The van der Waals surface area contributed by atoms with Gasteiger partial charge in [0.25, 0.3) is 5.91 Å². The second kappa shape index (κ2) is 9.72. The molecule has 8 nitrogen and oxygen atoms in total. The average Bonchev–Trinajstić information content (AvgIpc) is 3.18. The van der Waals surface area contributed by atoms with Crippen LogP contribution in [-0.2, 0) is 20.7 Å². The largest absolute Gasteiger partial charge is 0.436 e. The van der Waals surface area contributed by atoms with Crippen molar-refractivity contribution in [3.63, 3.8) is 0 Å². The summed E-state index contributed by atoms with van der Waals surface area (Å²) in [6, 6.07) is 11.7. The number of likely N-dealkylation sites (N-methyl/N-ethyl adjacent to an activating group) is 1. The molecular formula is C21H28N4O4. The third-order valence-corrected chi connectivity index (χ3v) is 5.44. The van der Waals surface area contributed by atoms with Crippen LogP contribution in [0.5, 0.6) is 0 Å². The number of likely N-dealkylation sites (tertiary alicyclic amines) is 1. The van der Waals surface area contributed by atoms with Crippen LogP contribution in [0.3, 0.4) is 0 Å². The molecular weight excluding hydrogens is 372 g/mol. The molecule has 2 saturated heterocycles. The van der Waals surface area contributed by atoms with Gasteiger partial charge in [0.15, 0.2) is 6.10 Å². The fraction of sp³-hybridized carbons (Fsp3) is 0.571. The second-order valence-electron chi connectivity index (χ2n) is 7.46. The normalized spacial score (nSPS) is 23.2. The van der Waals surface area contributed by atoms with Crippen LogP contribution in [0.15, 0.2) is 30.3 Å². The van der Waals surface area contributed by atoms with Gasteiger partial charge in [-0.25, -0.2) is 4.79 Å². The predicted molar refractivity (Wildman–Crippen MR) is 106 cm³/mol. The van der Waals surface area contributed by atoms with Gasteiger partial charge < -0.3 is 24.6 Å². The van der Waals surface area contributed by atoms with E-state index in [0.29, 0.717) is 39.3 Å². The number of benzene rings is 1. The molecule has 2 amide bonds. The lowest BCUT2D eigenvalue weighted by molar-refractivity contribution is -0.131. The van der Waals surface area contributed by atoms with Gasteiger partial charge in [-0.15, -0.1) is 0 Å². The molecule has 0 radical (unpaired) electrons. The fourth-order valence-electron chi connectivity index (χ4n) is 3.65. The molecule has 29 heavy (non-hydrogen) atoms. The maximum absolute atomic E-state index is 13.1. The summed E-state index contributed by atoms with van der Waals surface area (Å²) in [5.74, 6) is -0.435. The Bertz CT molecular complexity index is 745. The number of nitrogens with one attached hydrogen (secondary N) is 1. The summed E-state index contributed by atoms with van der Waals surface area (Å²) in [5, 5.41) is 12.6. The molecule has 1 aromatic rings. The lowest BCUT2D eigenvalue weighted by Gasteiger charge is -2.30. The van der Waals surface area contributed by atoms with Gasteiger partial charge in [0.2, 0.25) is 0 Å². The average molecular weight is 400 g/mol. The highest BCUT2D eigenvalue weighted by atomic mass is 16.6. The Morgan fingerprint density at radius 1 is 1.28 bits per heavy atom. The zero-order valence-corrected chi connectivity index (χ0v) is 16.8. The maximum Gasteiger partial charge on any atom is 0.410 e. The Labute approximate surface area is 171 Å². The van der Waals surface area contributed by atoms with Crippen molar-refractivity contribution in [3.8, 4) is 6.07 Å². The molecule has 3 rings (SSSR count). The number of nitrogens with zero attached hydrogens (tertiary/aromatic N) is 3. The Morgan fingerprint density at radius 2 is 2.00 bits per heavy atom. The Hall–Kier alpha value is -2.63. The molecule has 1 aromatic carbocycles. The van der Waals surface area contributed by atoms with Gasteiger partial charge in [-0.05, 0) is 18.5 Å². The molecule has 8 heteroatoms. The highest BCUT2D eigenvalue weighted by Gasteiger charge is 2.41. The van der Waals surface area contributed by atoms with Crippen LogP contribution >= 0.6 is 0 Å². The Kier molecular flexibility index (Phi) is 7.07. The van der Waals surface area contributed by atoms with Crippen molar-refractivity contribution in [2.75, 3.05) is 45.9 Å². The second-order valence-corrected chi connectivity index (χ2v) is 7.46. The highest BCUT2D eigenvalue weighted by Crippen LogP contribution is 2.21. The monoisotopic (exact) mass is 400 g/mol. The molecule has 0 aromatic heterocycles. The van der Waals surface area contributed by atoms with Crippen LogP contribution in [0.25, 0.3) is 0 Å². The molecule has 156 valence electrons. The van der Waals surface area contributed by atoms with E-state index in [-0.39, 0.29) is 6.42 Å². The zero-order chi connectivity index (χ0) is 20.7. The molecule has 2 aliphatic rings. The number of carbonyl (C=O) groups excluding carboxylic acids is 2. The number of nitriles is 1. The van der Waals surface area contributed by atoms with E-state index in [1.165, 1.54) is 0 Å². The number of morpholine rings is 1. The molecule has 1 N–H and O–H groups in total. The first kappa shape index (κ1) is 21.1. The first-order valence-corrected chi connectivity index (χ1v) is 10.1. The van der Waals surface area contributed by atoms with Gasteiger partial charge in [0.1, 0.15) is 5.54 Å². The summed E-state index contributed by atoms with van der Waals surface area (Å²) >= 11 is 0. The SMILES string of the molecule is CCN1CCC(C#N)(NC(=O)C(Cc2ccccc2)OC(=O)N2CCOCC2)C1. The van der Waals surface area contributed by atoms with E-state index in [1.54, 1.807) is 4.90 Å². The molecule has 2 heterocycles. The van der Waals surface area contributed by atoms with E-state index in [0.717, 1.165) is 18.7 Å².